The molecule has 33 heavy (non-hydrogen) atoms. The van der Waals surface area contributed by atoms with Gasteiger partial charge in [0.2, 0.25) is 0 Å². The number of benzene rings is 2. The molecule has 8 heteroatoms. The number of amides is 4. The minimum absolute atomic E-state index is 0.134. The third-order valence-electron chi connectivity index (χ3n) is 5.79. The second-order valence-corrected chi connectivity index (χ2v) is 8.75. The van der Waals surface area contributed by atoms with Gasteiger partial charge in [0.25, 0.3) is 11.8 Å². The molecule has 0 atom stereocenters. The van der Waals surface area contributed by atoms with Crippen LogP contribution >= 0.6 is 23.2 Å². The van der Waals surface area contributed by atoms with E-state index in [1.165, 1.54) is 6.08 Å². The number of anilines is 1. The number of aromatic nitrogens is 1. The number of carbonyl (C=O) groups is 3. The second-order valence-electron chi connectivity index (χ2n) is 7.96. The predicted octanol–water partition coefficient (Wildman–Crippen LogP) is 5.68. The van der Waals surface area contributed by atoms with Crippen LogP contribution in [0.5, 0.6) is 0 Å². The number of halogens is 2. The Kier molecular flexibility index (Phi) is 5.91. The number of barbiturate groups is 1. The summed E-state index contributed by atoms with van der Waals surface area (Å²) in [5.41, 5.74) is 5.17. The Morgan fingerprint density at radius 3 is 2.33 bits per heavy atom. The lowest BCUT2D eigenvalue weighted by molar-refractivity contribution is -0.122. The molecule has 3 aromatic rings. The van der Waals surface area contributed by atoms with E-state index in [0.717, 1.165) is 27.4 Å². The molecule has 1 N–H and O–H groups in total. The van der Waals surface area contributed by atoms with Crippen molar-refractivity contribution in [1.29, 1.82) is 0 Å². The van der Waals surface area contributed by atoms with Gasteiger partial charge in [0.15, 0.2) is 0 Å². The molecule has 0 saturated carbocycles. The number of nitrogens with zero attached hydrogens (tertiary/aromatic N) is 2. The van der Waals surface area contributed by atoms with E-state index in [1.54, 1.807) is 24.3 Å². The molecular formula is C25H21Cl2N3O3. The molecule has 1 fully saturated rings. The third-order valence-corrected chi connectivity index (χ3v) is 6.60. The maximum absolute atomic E-state index is 13.2. The molecule has 0 spiro atoms. The molecule has 168 valence electrons. The lowest BCUT2D eigenvalue weighted by atomic mass is 10.1. The van der Waals surface area contributed by atoms with Crippen molar-refractivity contribution in [2.45, 2.75) is 27.7 Å². The smallest absolute Gasteiger partial charge is 0.316 e. The van der Waals surface area contributed by atoms with Gasteiger partial charge in [0.1, 0.15) is 5.57 Å². The van der Waals surface area contributed by atoms with Crippen LogP contribution in [0, 0.1) is 27.7 Å². The number of urea groups is 1. The van der Waals surface area contributed by atoms with E-state index in [-0.39, 0.29) is 5.57 Å². The van der Waals surface area contributed by atoms with E-state index in [1.807, 2.05) is 50.5 Å². The van der Waals surface area contributed by atoms with E-state index < -0.39 is 17.8 Å². The molecule has 1 aromatic heterocycles. The molecule has 0 radical (unpaired) electrons. The summed E-state index contributed by atoms with van der Waals surface area (Å²) in [5, 5.41) is 3.09. The molecule has 0 unspecified atom stereocenters. The highest BCUT2D eigenvalue weighted by atomic mass is 35.5. The van der Waals surface area contributed by atoms with Crippen LogP contribution < -0.4 is 10.2 Å². The van der Waals surface area contributed by atoms with Crippen LogP contribution in [0.4, 0.5) is 10.5 Å². The maximum atomic E-state index is 13.2. The van der Waals surface area contributed by atoms with Gasteiger partial charge in [-0.25, -0.2) is 9.69 Å². The second kappa shape index (κ2) is 8.54. The summed E-state index contributed by atoms with van der Waals surface area (Å²) in [6.45, 7) is 7.57. The van der Waals surface area contributed by atoms with Gasteiger partial charge in [0, 0.05) is 11.4 Å². The quantitative estimate of drug-likeness (QED) is 0.386. The van der Waals surface area contributed by atoms with Crippen molar-refractivity contribution < 1.29 is 14.4 Å². The lowest BCUT2D eigenvalue weighted by Crippen LogP contribution is -2.54. The highest BCUT2D eigenvalue weighted by Gasteiger charge is 2.37. The van der Waals surface area contributed by atoms with Gasteiger partial charge in [-0.3, -0.25) is 14.9 Å². The fraction of sp³-hybridized carbons (Fsp3) is 0.160. The number of imide groups is 2. The first-order chi connectivity index (χ1) is 15.6. The zero-order valence-corrected chi connectivity index (χ0v) is 20.0. The van der Waals surface area contributed by atoms with Crippen molar-refractivity contribution in [3.63, 3.8) is 0 Å². The fourth-order valence-corrected chi connectivity index (χ4v) is 4.26. The van der Waals surface area contributed by atoms with Gasteiger partial charge < -0.3 is 4.57 Å². The average molecular weight is 482 g/mol. The van der Waals surface area contributed by atoms with E-state index in [4.69, 9.17) is 23.2 Å². The fourth-order valence-electron chi connectivity index (χ4n) is 3.88. The topological polar surface area (TPSA) is 71.4 Å². The number of hydrogen-bond donors (Lipinski definition) is 1. The zero-order chi connectivity index (χ0) is 24.0. The molecule has 2 aromatic carbocycles. The van der Waals surface area contributed by atoms with Crippen LogP contribution in [0.15, 0.2) is 48.0 Å². The summed E-state index contributed by atoms with van der Waals surface area (Å²) in [4.78, 5) is 39.3. The Morgan fingerprint density at radius 2 is 1.64 bits per heavy atom. The average Bonchev–Trinajstić information content (AvgIpc) is 3.03. The predicted molar refractivity (Wildman–Crippen MR) is 130 cm³/mol. The number of rotatable bonds is 3. The molecule has 1 aliphatic rings. The van der Waals surface area contributed by atoms with E-state index >= 15 is 0 Å². The maximum Gasteiger partial charge on any atom is 0.335 e. The number of aryl methyl sites for hydroxylation is 3. The van der Waals surface area contributed by atoms with Crippen molar-refractivity contribution in [3.8, 4) is 5.69 Å². The van der Waals surface area contributed by atoms with Crippen LogP contribution in [0.3, 0.4) is 0 Å². The minimum Gasteiger partial charge on any atom is -0.316 e. The Labute approximate surface area is 201 Å². The van der Waals surface area contributed by atoms with Gasteiger partial charge >= 0.3 is 6.03 Å². The lowest BCUT2D eigenvalue weighted by Gasteiger charge is -2.26. The molecule has 0 aliphatic carbocycles. The Balaban J connectivity index is 1.79. The molecule has 4 amide bonds. The molecule has 0 bridgehead atoms. The van der Waals surface area contributed by atoms with E-state index in [0.29, 0.717) is 27.0 Å². The summed E-state index contributed by atoms with van der Waals surface area (Å²) in [6, 6.07) is 11.7. The largest absolute Gasteiger partial charge is 0.335 e. The SMILES string of the molecule is Cc1ccc(N2C(=O)NC(=O)/C(=C\c3cc(C)n(-c4cccc(Cl)c4Cl)c3C)C2=O)cc1C. The van der Waals surface area contributed by atoms with Gasteiger partial charge in [0.05, 0.1) is 21.4 Å². The van der Waals surface area contributed by atoms with E-state index in [2.05, 4.69) is 5.32 Å². The minimum atomic E-state index is -0.776. The van der Waals surface area contributed by atoms with Gasteiger partial charge in [-0.05, 0) is 80.8 Å². The van der Waals surface area contributed by atoms with Crippen molar-refractivity contribution in [3.05, 3.63) is 86.2 Å². The van der Waals surface area contributed by atoms with Gasteiger partial charge in [-0.1, -0.05) is 35.3 Å². The number of carbonyl (C=O) groups excluding carboxylic acids is 3. The van der Waals surface area contributed by atoms with Gasteiger partial charge in [-0.15, -0.1) is 0 Å². The Morgan fingerprint density at radius 1 is 0.909 bits per heavy atom. The monoisotopic (exact) mass is 481 g/mol. The first-order valence-corrected chi connectivity index (χ1v) is 11.0. The van der Waals surface area contributed by atoms with Crippen LogP contribution in [-0.2, 0) is 9.59 Å². The molecule has 6 nitrogen and oxygen atoms in total. The van der Waals surface area contributed by atoms with Crippen molar-refractivity contribution in [1.82, 2.24) is 9.88 Å². The summed E-state index contributed by atoms with van der Waals surface area (Å²) in [7, 11) is 0. The number of hydrogen-bond acceptors (Lipinski definition) is 3. The molecule has 1 saturated heterocycles. The highest BCUT2D eigenvalue weighted by Crippen LogP contribution is 2.32. The first-order valence-electron chi connectivity index (χ1n) is 10.2. The van der Waals surface area contributed by atoms with Crippen LogP contribution in [0.1, 0.15) is 28.1 Å². The summed E-state index contributed by atoms with van der Waals surface area (Å²) in [5.74, 6) is -1.42. The summed E-state index contributed by atoms with van der Waals surface area (Å²) < 4.78 is 1.90. The highest BCUT2D eigenvalue weighted by molar-refractivity contribution is 6.43. The standard InChI is InChI=1S/C25H21Cl2N3O3/c1-13-8-9-18(10-14(13)2)30-24(32)19(23(31)28-25(30)33)12-17-11-15(3)29(16(17)4)21-7-5-6-20(26)22(21)27/h5-12H,1-4H3,(H,28,31,33)/b19-12+. The first kappa shape index (κ1) is 22.8. The Bertz CT molecular complexity index is 1370. The summed E-state index contributed by atoms with van der Waals surface area (Å²) in [6.07, 6.45) is 1.50. The van der Waals surface area contributed by atoms with Gasteiger partial charge in [-0.2, -0.15) is 0 Å². The Hall–Kier alpha value is -3.35. The normalized spacial score (nSPS) is 15.4. The van der Waals surface area contributed by atoms with Crippen molar-refractivity contribution >= 4 is 52.8 Å². The van der Waals surface area contributed by atoms with Crippen LogP contribution in [-0.4, -0.2) is 22.4 Å². The zero-order valence-electron chi connectivity index (χ0n) is 18.5. The molecule has 1 aliphatic heterocycles. The van der Waals surface area contributed by atoms with Crippen molar-refractivity contribution in [2.75, 3.05) is 4.90 Å². The molecular weight excluding hydrogens is 461 g/mol. The molecule has 2 heterocycles. The van der Waals surface area contributed by atoms with Crippen LogP contribution in [0.25, 0.3) is 11.8 Å². The van der Waals surface area contributed by atoms with E-state index in [9.17, 15) is 14.4 Å². The third kappa shape index (κ3) is 3.96. The summed E-state index contributed by atoms with van der Waals surface area (Å²) >= 11 is 12.6. The number of nitrogens with one attached hydrogen (secondary N) is 1. The van der Waals surface area contributed by atoms with Crippen LogP contribution in [0.2, 0.25) is 10.0 Å². The van der Waals surface area contributed by atoms with Crippen molar-refractivity contribution in [2.24, 2.45) is 0 Å². The molecule has 4 rings (SSSR count).